The average molecular weight is 419 g/mol. The van der Waals surface area contributed by atoms with E-state index in [1.807, 2.05) is 36.5 Å². The lowest BCUT2D eigenvalue weighted by molar-refractivity contribution is 0.386. The zero-order chi connectivity index (χ0) is 20.7. The molecule has 0 amide bonds. The molecule has 3 aromatic heterocycles. The lowest BCUT2D eigenvalue weighted by Crippen LogP contribution is -2.23. The van der Waals surface area contributed by atoms with Gasteiger partial charge in [-0.15, -0.1) is 0 Å². The third-order valence-electron chi connectivity index (χ3n) is 4.60. The standard InChI is InChI=1S/C21H14FN5O2S/c1-29-17-8-7-13(9-16(17)22)19-14(11-26(25-19)15-5-3-2-4-6-15)10-18-20(28)27-21(30-18)23-12-24-27/h2-12H,1H3. The first-order valence-corrected chi connectivity index (χ1v) is 9.79. The van der Waals surface area contributed by atoms with E-state index in [1.165, 1.54) is 35.4 Å². The number of hydrogen-bond acceptors (Lipinski definition) is 6. The van der Waals surface area contributed by atoms with Crippen LogP contribution in [-0.2, 0) is 0 Å². The zero-order valence-electron chi connectivity index (χ0n) is 15.7. The quantitative estimate of drug-likeness (QED) is 0.448. The van der Waals surface area contributed by atoms with E-state index in [9.17, 15) is 9.18 Å². The fraction of sp³-hybridized carbons (Fsp3) is 0.0476. The highest BCUT2D eigenvalue weighted by Gasteiger charge is 2.15. The van der Waals surface area contributed by atoms with Crippen LogP contribution in [0.15, 0.2) is 65.8 Å². The Morgan fingerprint density at radius 3 is 2.73 bits per heavy atom. The Morgan fingerprint density at radius 2 is 2.00 bits per heavy atom. The van der Waals surface area contributed by atoms with Gasteiger partial charge in [-0.3, -0.25) is 4.79 Å². The van der Waals surface area contributed by atoms with Crippen LogP contribution in [-0.4, -0.2) is 31.5 Å². The minimum absolute atomic E-state index is 0.152. The smallest absolute Gasteiger partial charge is 0.291 e. The number of halogens is 1. The van der Waals surface area contributed by atoms with Crippen molar-refractivity contribution in [3.05, 3.63) is 87.3 Å². The molecule has 148 valence electrons. The van der Waals surface area contributed by atoms with Gasteiger partial charge in [-0.05, 0) is 36.4 Å². The predicted octanol–water partition coefficient (Wildman–Crippen LogP) is 2.70. The molecule has 0 saturated carbocycles. The summed E-state index contributed by atoms with van der Waals surface area (Å²) >= 11 is 1.23. The van der Waals surface area contributed by atoms with Gasteiger partial charge in [0, 0.05) is 17.3 Å². The van der Waals surface area contributed by atoms with Gasteiger partial charge in [0.2, 0.25) is 4.96 Å². The van der Waals surface area contributed by atoms with Crippen LogP contribution in [0.5, 0.6) is 5.75 Å². The number of benzene rings is 2. The molecule has 5 aromatic rings. The molecular weight excluding hydrogens is 405 g/mol. The van der Waals surface area contributed by atoms with Crippen molar-refractivity contribution in [1.29, 1.82) is 0 Å². The number of methoxy groups -OCH3 is 1. The summed E-state index contributed by atoms with van der Waals surface area (Å²) in [5, 5.41) is 8.60. The summed E-state index contributed by atoms with van der Waals surface area (Å²) in [5.74, 6) is -0.335. The Kier molecular flexibility index (Phi) is 4.36. The molecule has 2 aromatic carbocycles. The first-order chi connectivity index (χ1) is 14.6. The number of ether oxygens (including phenoxy) is 1. The number of thiazole rings is 1. The van der Waals surface area contributed by atoms with Crippen LogP contribution in [0.25, 0.3) is 28.0 Å². The van der Waals surface area contributed by atoms with Gasteiger partial charge in [0.1, 0.15) is 12.0 Å². The molecule has 0 aliphatic carbocycles. The summed E-state index contributed by atoms with van der Waals surface area (Å²) in [6.45, 7) is 0. The molecule has 0 aliphatic rings. The highest BCUT2D eigenvalue weighted by atomic mass is 32.1. The SMILES string of the molecule is COc1ccc(-c2nn(-c3ccccc3)cc2C=c2sc3ncnn3c2=O)cc1F. The summed E-state index contributed by atoms with van der Waals surface area (Å²) in [6, 6.07) is 14.2. The predicted molar refractivity (Wildman–Crippen MR) is 111 cm³/mol. The minimum Gasteiger partial charge on any atom is -0.494 e. The highest BCUT2D eigenvalue weighted by Crippen LogP contribution is 2.28. The van der Waals surface area contributed by atoms with Gasteiger partial charge in [0.25, 0.3) is 5.56 Å². The van der Waals surface area contributed by atoms with Crippen molar-refractivity contribution in [2.45, 2.75) is 0 Å². The van der Waals surface area contributed by atoms with E-state index in [1.54, 1.807) is 22.9 Å². The molecule has 9 heteroatoms. The third kappa shape index (κ3) is 3.05. The molecule has 3 heterocycles. The van der Waals surface area contributed by atoms with E-state index in [0.717, 1.165) is 5.69 Å². The van der Waals surface area contributed by atoms with Gasteiger partial charge >= 0.3 is 0 Å². The zero-order valence-corrected chi connectivity index (χ0v) is 16.5. The van der Waals surface area contributed by atoms with Crippen LogP contribution in [0, 0.1) is 5.82 Å². The summed E-state index contributed by atoms with van der Waals surface area (Å²) in [6.07, 6.45) is 4.88. The van der Waals surface area contributed by atoms with Crippen molar-refractivity contribution in [2.24, 2.45) is 0 Å². The second-order valence-electron chi connectivity index (χ2n) is 6.43. The molecule has 0 fully saturated rings. The second kappa shape index (κ2) is 7.20. The molecule has 0 spiro atoms. The monoisotopic (exact) mass is 419 g/mol. The summed E-state index contributed by atoms with van der Waals surface area (Å²) in [4.78, 5) is 17.2. The summed E-state index contributed by atoms with van der Waals surface area (Å²) in [5.41, 5.74) is 2.37. The third-order valence-corrected chi connectivity index (χ3v) is 5.57. The molecule has 0 aliphatic heterocycles. The molecule has 30 heavy (non-hydrogen) atoms. The van der Waals surface area contributed by atoms with Crippen molar-refractivity contribution in [1.82, 2.24) is 24.4 Å². The van der Waals surface area contributed by atoms with Crippen molar-refractivity contribution >= 4 is 22.4 Å². The molecule has 0 saturated heterocycles. The van der Waals surface area contributed by atoms with Gasteiger partial charge in [0.15, 0.2) is 11.6 Å². The summed E-state index contributed by atoms with van der Waals surface area (Å²) in [7, 11) is 1.42. The van der Waals surface area contributed by atoms with Gasteiger partial charge in [-0.1, -0.05) is 29.5 Å². The molecule has 5 rings (SSSR count). The Labute approximate surface area is 173 Å². The Hall–Kier alpha value is -3.85. The molecule has 0 N–H and O–H groups in total. The highest BCUT2D eigenvalue weighted by molar-refractivity contribution is 7.15. The van der Waals surface area contributed by atoms with Crippen LogP contribution in [0.4, 0.5) is 4.39 Å². The van der Waals surface area contributed by atoms with E-state index >= 15 is 0 Å². The van der Waals surface area contributed by atoms with Gasteiger partial charge in [-0.25, -0.2) is 14.1 Å². The van der Waals surface area contributed by atoms with Gasteiger partial charge < -0.3 is 4.74 Å². The number of nitrogens with zero attached hydrogens (tertiary/aromatic N) is 5. The first-order valence-electron chi connectivity index (χ1n) is 8.97. The minimum atomic E-state index is -0.487. The van der Waals surface area contributed by atoms with E-state index < -0.39 is 5.82 Å². The van der Waals surface area contributed by atoms with Crippen LogP contribution < -0.4 is 14.8 Å². The number of fused-ring (bicyclic) bond motifs is 1. The molecule has 0 atom stereocenters. The Balaban J connectivity index is 1.72. The lowest BCUT2D eigenvalue weighted by atomic mass is 10.1. The fourth-order valence-electron chi connectivity index (χ4n) is 3.16. The van der Waals surface area contributed by atoms with Crippen LogP contribution >= 0.6 is 11.3 Å². The number of para-hydroxylation sites is 1. The maximum atomic E-state index is 14.3. The maximum Gasteiger partial charge on any atom is 0.291 e. The first kappa shape index (κ1) is 18.2. The van der Waals surface area contributed by atoms with Gasteiger partial charge in [0.05, 0.1) is 17.3 Å². The van der Waals surface area contributed by atoms with Crippen molar-refractivity contribution < 1.29 is 9.13 Å². The summed E-state index contributed by atoms with van der Waals surface area (Å²) < 4.78 is 22.8. The Morgan fingerprint density at radius 1 is 1.17 bits per heavy atom. The molecule has 0 bridgehead atoms. The normalized spacial score (nSPS) is 12.0. The molecule has 0 radical (unpaired) electrons. The van der Waals surface area contributed by atoms with E-state index in [2.05, 4.69) is 15.2 Å². The van der Waals surface area contributed by atoms with Crippen molar-refractivity contribution in [3.63, 3.8) is 0 Å². The maximum absolute atomic E-state index is 14.3. The number of rotatable bonds is 4. The van der Waals surface area contributed by atoms with Crippen molar-refractivity contribution in [2.75, 3.05) is 7.11 Å². The van der Waals surface area contributed by atoms with E-state index in [4.69, 9.17) is 4.74 Å². The number of aromatic nitrogens is 5. The number of hydrogen-bond donors (Lipinski definition) is 0. The molecule has 0 unspecified atom stereocenters. The average Bonchev–Trinajstić information content (AvgIpc) is 3.46. The Bertz CT molecular complexity index is 1470. The fourth-order valence-corrected chi connectivity index (χ4v) is 4.04. The van der Waals surface area contributed by atoms with Crippen LogP contribution in [0.1, 0.15) is 5.56 Å². The van der Waals surface area contributed by atoms with Crippen LogP contribution in [0.2, 0.25) is 0 Å². The van der Waals surface area contributed by atoms with Crippen molar-refractivity contribution in [3.8, 4) is 22.7 Å². The largest absolute Gasteiger partial charge is 0.494 e. The van der Waals surface area contributed by atoms with E-state index in [-0.39, 0.29) is 11.3 Å². The molecular formula is C21H14FN5O2S. The lowest BCUT2D eigenvalue weighted by Gasteiger charge is -2.04. The topological polar surface area (TPSA) is 74.3 Å². The van der Waals surface area contributed by atoms with Gasteiger partial charge in [-0.2, -0.15) is 14.7 Å². The molecule has 7 nitrogen and oxygen atoms in total. The van der Waals surface area contributed by atoms with E-state index in [0.29, 0.717) is 26.3 Å². The second-order valence-corrected chi connectivity index (χ2v) is 7.44. The van der Waals surface area contributed by atoms with Crippen LogP contribution in [0.3, 0.4) is 0 Å².